The summed E-state index contributed by atoms with van der Waals surface area (Å²) in [6.45, 7) is 0.333. The van der Waals surface area contributed by atoms with Gasteiger partial charge in [-0.05, 0) is 11.6 Å². The third-order valence-electron chi connectivity index (χ3n) is 2.12. The number of anilines is 1. The van der Waals surface area contributed by atoms with E-state index in [0.29, 0.717) is 18.8 Å². The Labute approximate surface area is 110 Å². The lowest BCUT2D eigenvalue weighted by atomic mass is 10.3. The second-order valence-electron chi connectivity index (χ2n) is 3.51. The van der Waals surface area contributed by atoms with Gasteiger partial charge in [0.1, 0.15) is 18.0 Å². The normalized spacial score (nSPS) is 11.6. The molecular formula is C9H8ClF3N6. The largest absolute Gasteiger partial charge is 0.433 e. The Morgan fingerprint density at radius 2 is 2.11 bits per heavy atom. The maximum Gasteiger partial charge on any atom is 0.433 e. The summed E-state index contributed by atoms with van der Waals surface area (Å²) >= 11 is 5.44. The fourth-order valence-corrected chi connectivity index (χ4v) is 1.50. The molecule has 2 rings (SSSR count). The van der Waals surface area contributed by atoms with E-state index >= 15 is 0 Å². The Kier molecular flexibility index (Phi) is 3.84. The van der Waals surface area contributed by atoms with Crippen molar-refractivity contribution in [3.8, 4) is 0 Å². The highest BCUT2D eigenvalue weighted by atomic mass is 35.5. The number of alkyl halides is 3. The Hall–Kier alpha value is -1.90. The van der Waals surface area contributed by atoms with Crippen LogP contribution in [0.3, 0.4) is 0 Å². The van der Waals surface area contributed by atoms with Gasteiger partial charge < -0.3 is 5.32 Å². The van der Waals surface area contributed by atoms with Crippen LogP contribution in [0, 0.1) is 0 Å². The molecule has 102 valence electrons. The van der Waals surface area contributed by atoms with E-state index in [4.69, 9.17) is 11.6 Å². The number of aromatic amines is 1. The Morgan fingerprint density at radius 1 is 1.32 bits per heavy atom. The smallest absolute Gasteiger partial charge is 0.369 e. The van der Waals surface area contributed by atoms with Gasteiger partial charge in [-0.2, -0.15) is 18.3 Å². The van der Waals surface area contributed by atoms with Crippen LogP contribution in [-0.4, -0.2) is 31.7 Å². The molecule has 0 fully saturated rings. The highest BCUT2D eigenvalue weighted by Gasteiger charge is 2.33. The van der Waals surface area contributed by atoms with E-state index in [-0.39, 0.29) is 5.82 Å². The molecule has 2 N–H and O–H groups in total. The van der Waals surface area contributed by atoms with Crippen molar-refractivity contribution in [3.05, 3.63) is 29.2 Å². The zero-order valence-electron chi connectivity index (χ0n) is 9.37. The van der Waals surface area contributed by atoms with Crippen LogP contribution in [0.2, 0.25) is 5.28 Å². The van der Waals surface area contributed by atoms with Crippen molar-refractivity contribution in [2.24, 2.45) is 0 Å². The van der Waals surface area contributed by atoms with Gasteiger partial charge in [-0.15, -0.1) is 0 Å². The third kappa shape index (κ3) is 3.78. The van der Waals surface area contributed by atoms with E-state index < -0.39 is 17.2 Å². The molecule has 0 aliphatic rings. The molecule has 0 amide bonds. The number of hydrogen-bond donors (Lipinski definition) is 2. The van der Waals surface area contributed by atoms with Crippen molar-refractivity contribution >= 4 is 17.4 Å². The standard InChI is InChI=1S/C9H8ClF3N6/c10-8-17-5(9(11,12)13)3-7(18-8)14-2-1-6-15-4-16-19-6/h3-4H,1-2H2,(H,14,17,18)(H,15,16,19). The molecule has 0 bridgehead atoms. The van der Waals surface area contributed by atoms with Crippen molar-refractivity contribution in [1.29, 1.82) is 0 Å². The molecule has 0 saturated heterocycles. The molecule has 0 unspecified atom stereocenters. The van der Waals surface area contributed by atoms with E-state index in [2.05, 4.69) is 30.5 Å². The van der Waals surface area contributed by atoms with Crippen LogP contribution in [-0.2, 0) is 12.6 Å². The van der Waals surface area contributed by atoms with Gasteiger partial charge in [0.2, 0.25) is 5.28 Å². The quantitative estimate of drug-likeness (QED) is 0.842. The number of rotatable bonds is 4. The summed E-state index contributed by atoms with van der Waals surface area (Å²) in [6.07, 6.45) is -2.75. The molecule has 0 aliphatic heterocycles. The average Bonchev–Trinajstić information content (AvgIpc) is 2.80. The van der Waals surface area contributed by atoms with Gasteiger partial charge in [0, 0.05) is 19.0 Å². The van der Waals surface area contributed by atoms with Crippen LogP contribution in [0.25, 0.3) is 0 Å². The van der Waals surface area contributed by atoms with Crippen LogP contribution in [0.5, 0.6) is 0 Å². The van der Waals surface area contributed by atoms with Crippen LogP contribution in [0.1, 0.15) is 11.5 Å². The molecular weight excluding hydrogens is 285 g/mol. The predicted molar refractivity (Wildman–Crippen MR) is 60.6 cm³/mol. The fraction of sp³-hybridized carbons (Fsp3) is 0.333. The maximum atomic E-state index is 12.5. The second-order valence-corrected chi connectivity index (χ2v) is 3.85. The monoisotopic (exact) mass is 292 g/mol. The minimum absolute atomic E-state index is 0.00633. The average molecular weight is 293 g/mol. The Bertz CT molecular complexity index is 541. The summed E-state index contributed by atoms with van der Waals surface area (Å²) < 4.78 is 37.5. The number of hydrogen-bond acceptors (Lipinski definition) is 5. The molecule has 10 heteroatoms. The van der Waals surface area contributed by atoms with E-state index in [0.717, 1.165) is 6.07 Å². The summed E-state index contributed by atoms with van der Waals surface area (Å²) in [5, 5.41) is 8.53. The SMILES string of the molecule is FC(F)(F)c1cc(NCCc2ncn[nH]2)nc(Cl)n1. The van der Waals surface area contributed by atoms with Gasteiger partial charge in [0.05, 0.1) is 0 Å². The highest BCUT2D eigenvalue weighted by molar-refractivity contribution is 6.28. The molecule has 6 nitrogen and oxygen atoms in total. The Balaban J connectivity index is 2.02. The van der Waals surface area contributed by atoms with Crippen LogP contribution in [0.15, 0.2) is 12.4 Å². The first-order valence-electron chi connectivity index (χ1n) is 5.15. The van der Waals surface area contributed by atoms with E-state index in [9.17, 15) is 13.2 Å². The van der Waals surface area contributed by atoms with Crippen LogP contribution in [0.4, 0.5) is 19.0 Å². The molecule has 0 spiro atoms. The molecule has 0 radical (unpaired) electrons. The third-order valence-corrected chi connectivity index (χ3v) is 2.29. The number of nitrogens with zero attached hydrogens (tertiary/aromatic N) is 4. The molecule has 2 aromatic heterocycles. The lowest BCUT2D eigenvalue weighted by Crippen LogP contribution is -2.12. The zero-order chi connectivity index (χ0) is 13.9. The van der Waals surface area contributed by atoms with Crippen LogP contribution >= 0.6 is 11.6 Å². The summed E-state index contributed by atoms with van der Waals surface area (Å²) in [7, 11) is 0. The van der Waals surface area contributed by atoms with Crippen molar-refractivity contribution < 1.29 is 13.2 Å². The minimum Gasteiger partial charge on any atom is -0.369 e. The van der Waals surface area contributed by atoms with Gasteiger partial charge >= 0.3 is 6.18 Å². The fourth-order valence-electron chi connectivity index (χ4n) is 1.31. The first kappa shape index (κ1) is 13.5. The Morgan fingerprint density at radius 3 is 2.74 bits per heavy atom. The summed E-state index contributed by atoms with van der Waals surface area (Å²) in [6, 6.07) is 0.798. The molecule has 2 aromatic rings. The highest BCUT2D eigenvalue weighted by Crippen LogP contribution is 2.29. The predicted octanol–water partition coefficient (Wildman–Crippen LogP) is 1.92. The van der Waals surface area contributed by atoms with Crippen LogP contribution < -0.4 is 5.32 Å². The minimum atomic E-state index is -4.56. The van der Waals surface area contributed by atoms with Gasteiger partial charge in [0.25, 0.3) is 0 Å². The first-order valence-corrected chi connectivity index (χ1v) is 5.53. The van der Waals surface area contributed by atoms with Crippen molar-refractivity contribution in [2.45, 2.75) is 12.6 Å². The van der Waals surface area contributed by atoms with E-state index in [1.165, 1.54) is 6.33 Å². The lowest BCUT2D eigenvalue weighted by molar-refractivity contribution is -0.141. The zero-order valence-corrected chi connectivity index (χ0v) is 10.1. The van der Waals surface area contributed by atoms with E-state index in [1.54, 1.807) is 0 Å². The molecule has 19 heavy (non-hydrogen) atoms. The van der Waals surface area contributed by atoms with Crippen molar-refractivity contribution in [3.63, 3.8) is 0 Å². The number of halogens is 4. The molecule has 0 aliphatic carbocycles. The van der Waals surface area contributed by atoms with Crippen molar-refractivity contribution in [2.75, 3.05) is 11.9 Å². The van der Waals surface area contributed by atoms with E-state index in [1.807, 2.05) is 0 Å². The number of aromatic nitrogens is 5. The maximum absolute atomic E-state index is 12.5. The summed E-state index contributed by atoms with van der Waals surface area (Å²) in [4.78, 5) is 10.7. The topological polar surface area (TPSA) is 79.4 Å². The van der Waals surface area contributed by atoms with Gasteiger partial charge in [-0.1, -0.05) is 0 Å². The molecule has 2 heterocycles. The van der Waals surface area contributed by atoms with Gasteiger partial charge in [-0.25, -0.2) is 15.0 Å². The first-order chi connectivity index (χ1) is 8.95. The van der Waals surface area contributed by atoms with Gasteiger partial charge in [0.15, 0.2) is 5.69 Å². The van der Waals surface area contributed by atoms with Gasteiger partial charge in [-0.3, -0.25) is 5.10 Å². The summed E-state index contributed by atoms with van der Waals surface area (Å²) in [5.41, 5.74) is -1.09. The lowest BCUT2D eigenvalue weighted by Gasteiger charge is -2.09. The molecule has 0 atom stereocenters. The molecule has 0 saturated carbocycles. The second kappa shape index (κ2) is 5.39. The van der Waals surface area contributed by atoms with Crippen molar-refractivity contribution in [1.82, 2.24) is 25.1 Å². The molecule has 0 aromatic carbocycles. The summed E-state index contributed by atoms with van der Waals surface area (Å²) in [5.74, 6) is 0.621. The number of nitrogens with one attached hydrogen (secondary N) is 2. The number of H-pyrrole nitrogens is 1.